The molecule has 1 aromatic carbocycles. The number of para-hydroxylation sites is 1. The summed E-state index contributed by atoms with van der Waals surface area (Å²) in [5, 5.41) is 11.9. The number of rotatable bonds is 5. The fraction of sp³-hybridized carbons (Fsp3) is 0.267. The third-order valence-corrected chi connectivity index (χ3v) is 3.04. The van der Waals surface area contributed by atoms with Gasteiger partial charge in [0, 0.05) is 23.5 Å². The number of aromatic nitrogens is 2. The number of carbonyl (C=O) groups is 1. The van der Waals surface area contributed by atoms with Gasteiger partial charge in [-0.3, -0.25) is 4.79 Å². The number of benzene rings is 1. The van der Waals surface area contributed by atoms with Crippen molar-refractivity contribution in [2.45, 2.75) is 26.7 Å². The summed E-state index contributed by atoms with van der Waals surface area (Å²) < 4.78 is 0. The molecule has 0 bridgehead atoms. The number of carboxylic acid groups (broad SMARTS) is 1. The largest absolute Gasteiger partial charge is 0.481 e. The van der Waals surface area contributed by atoms with Crippen molar-refractivity contribution >= 4 is 17.6 Å². The van der Waals surface area contributed by atoms with Crippen LogP contribution >= 0.6 is 0 Å². The van der Waals surface area contributed by atoms with E-state index >= 15 is 0 Å². The molecule has 0 saturated heterocycles. The first-order valence-electron chi connectivity index (χ1n) is 6.44. The second kappa shape index (κ2) is 6.14. The first kappa shape index (κ1) is 14.0. The van der Waals surface area contributed by atoms with Gasteiger partial charge in [-0.2, -0.15) is 0 Å². The van der Waals surface area contributed by atoms with Gasteiger partial charge in [-0.25, -0.2) is 9.97 Å². The number of hydrogen-bond acceptors (Lipinski definition) is 4. The smallest absolute Gasteiger partial charge is 0.303 e. The van der Waals surface area contributed by atoms with Gasteiger partial charge in [-0.05, 0) is 38.0 Å². The zero-order valence-corrected chi connectivity index (χ0v) is 11.6. The number of nitrogens with zero attached hydrogens (tertiary/aromatic N) is 2. The molecule has 2 aromatic rings. The number of aliphatic carboxylic acids is 1. The van der Waals surface area contributed by atoms with Crippen molar-refractivity contribution in [2.24, 2.45) is 0 Å². The van der Waals surface area contributed by atoms with Crippen LogP contribution in [0.2, 0.25) is 0 Å². The van der Waals surface area contributed by atoms with Crippen LogP contribution < -0.4 is 5.32 Å². The molecule has 20 heavy (non-hydrogen) atoms. The summed E-state index contributed by atoms with van der Waals surface area (Å²) in [5.41, 5.74) is 3.46. The highest BCUT2D eigenvalue weighted by Gasteiger charge is 2.10. The molecule has 2 rings (SSSR count). The Labute approximate surface area is 117 Å². The Kier molecular flexibility index (Phi) is 4.30. The lowest BCUT2D eigenvalue weighted by Crippen LogP contribution is -2.07. The molecule has 0 saturated carbocycles. The summed E-state index contributed by atoms with van der Waals surface area (Å²) in [6.07, 6.45) is 0.551. The second-order valence-corrected chi connectivity index (χ2v) is 4.58. The van der Waals surface area contributed by atoms with E-state index in [9.17, 15) is 4.79 Å². The molecule has 0 aliphatic rings. The lowest BCUT2D eigenvalue weighted by atomic mass is 10.1. The summed E-state index contributed by atoms with van der Waals surface area (Å²) in [4.78, 5) is 19.4. The van der Waals surface area contributed by atoms with E-state index in [0.29, 0.717) is 12.4 Å². The normalized spacial score (nSPS) is 10.3. The van der Waals surface area contributed by atoms with Gasteiger partial charge >= 0.3 is 5.97 Å². The quantitative estimate of drug-likeness (QED) is 0.874. The second-order valence-electron chi connectivity index (χ2n) is 4.58. The minimum Gasteiger partial charge on any atom is -0.481 e. The number of carboxylic acids is 1. The fourth-order valence-electron chi connectivity index (χ4n) is 2.04. The fourth-order valence-corrected chi connectivity index (χ4v) is 2.04. The molecule has 0 atom stereocenters. The van der Waals surface area contributed by atoms with Gasteiger partial charge in [0.05, 0.1) is 0 Å². The van der Waals surface area contributed by atoms with Crippen LogP contribution in [0.15, 0.2) is 30.3 Å². The van der Waals surface area contributed by atoms with E-state index < -0.39 is 5.97 Å². The Morgan fingerprint density at radius 3 is 2.30 bits per heavy atom. The molecule has 0 amide bonds. The SMILES string of the molecule is Cc1nc(Nc2ccccc2)nc(C)c1CCC(=O)O. The number of nitrogens with one attached hydrogen (secondary N) is 1. The van der Waals surface area contributed by atoms with Crippen LogP contribution in [0.3, 0.4) is 0 Å². The number of aryl methyl sites for hydroxylation is 2. The molecule has 5 heteroatoms. The van der Waals surface area contributed by atoms with Crippen molar-refractivity contribution in [2.75, 3.05) is 5.32 Å². The predicted molar refractivity (Wildman–Crippen MR) is 77.2 cm³/mol. The van der Waals surface area contributed by atoms with Gasteiger partial charge in [0.15, 0.2) is 0 Å². The molecule has 0 fully saturated rings. The lowest BCUT2D eigenvalue weighted by Gasteiger charge is -2.11. The van der Waals surface area contributed by atoms with Gasteiger partial charge in [0.1, 0.15) is 0 Å². The van der Waals surface area contributed by atoms with E-state index in [4.69, 9.17) is 5.11 Å². The lowest BCUT2D eigenvalue weighted by molar-refractivity contribution is -0.136. The molecule has 1 aromatic heterocycles. The van der Waals surface area contributed by atoms with Crippen molar-refractivity contribution in [1.82, 2.24) is 9.97 Å². The highest BCUT2D eigenvalue weighted by atomic mass is 16.4. The van der Waals surface area contributed by atoms with E-state index in [1.807, 2.05) is 44.2 Å². The van der Waals surface area contributed by atoms with Gasteiger partial charge in [-0.15, -0.1) is 0 Å². The van der Waals surface area contributed by atoms with E-state index in [-0.39, 0.29) is 6.42 Å². The summed E-state index contributed by atoms with van der Waals surface area (Å²) in [6.45, 7) is 3.75. The topological polar surface area (TPSA) is 75.1 Å². The molecule has 5 nitrogen and oxygen atoms in total. The summed E-state index contributed by atoms with van der Waals surface area (Å²) in [7, 11) is 0. The van der Waals surface area contributed by atoms with Crippen LogP contribution in [0.25, 0.3) is 0 Å². The van der Waals surface area contributed by atoms with Crippen LogP contribution in [0.4, 0.5) is 11.6 Å². The van der Waals surface area contributed by atoms with E-state index in [1.165, 1.54) is 0 Å². The molecule has 0 spiro atoms. The van der Waals surface area contributed by atoms with Crippen LogP contribution in [0, 0.1) is 13.8 Å². The Balaban J connectivity index is 2.19. The third kappa shape index (κ3) is 3.54. The minimum atomic E-state index is -0.810. The van der Waals surface area contributed by atoms with Crippen LogP contribution in [0.1, 0.15) is 23.4 Å². The maximum Gasteiger partial charge on any atom is 0.303 e. The van der Waals surface area contributed by atoms with E-state index in [2.05, 4.69) is 15.3 Å². The zero-order valence-electron chi connectivity index (χ0n) is 11.6. The van der Waals surface area contributed by atoms with Crippen LogP contribution in [-0.4, -0.2) is 21.0 Å². The Bertz CT molecular complexity index is 589. The number of hydrogen-bond donors (Lipinski definition) is 2. The van der Waals surface area contributed by atoms with Crippen molar-refractivity contribution < 1.29 is 9.90 Å². The van der Waals surface area contributed by atoms with Gasteiger partial charge < -0.3 is 10.4 Å². The first-order valence-corrected chi connectivity index (χ1v) is 6.44. The summed E-state index contributed by atoms with van der Waals surface area (Å²) >= 11 is 0. The van der Waals surface area contributed by atoms with Crippen molar-refractivity contribution in [3.05, 3.63) is 47.3 Å². The first-order chi connectivity index (χ1) is 9.56. The Morgan fingerprint density at radius 1 is 1.15 bits per heavy atom. The molecule has 104 valence electrons. The summed E-state index contributed by atoms with van der Waals surface area (Å²) in [6, 6.07) is 9.68. The van der Waals surface area contributed by atoms with Crippen LogP contribution in [-0.2, 0) is 11.2 Å². The molecule has 0 radical (unpaired) electrons. The average Bonchev–Trinajstić information content (AvgIpc) is 2.38. The van der Waals surface area contributed by atoms with Gasteiger partial charge in [0.2, 0.25) is 5.95 Å². The van der Waals surface area contributed by atoms with Crippen molar-refractivity contribution in [3.8, 4) is 0 Å². The van der Waals surface area contributed by atoms with Crippen molar-refractivity contribution in [3.63, 3.8) is 0 Å². The maximum atomic E-state index is 10.7. The van der Waals surface area contributed by atoms with Crippen molar-refractivity contribution in [1.29, 1.82) is 0 Å². The Morgan fingerprint density at radius 2 is 1.75 bits per heavy atom. The third-order valence-electron chi connectivity index (χ3n) is 3.04. The zero-order chi connectivity index (χ0) is 14.5. The van der Waals surface area contributed by atoms with E-state index in [0.717, 1.165) is 22.6 Å². The predicted octanol–water partition coefficient (Wildman–Crippen LogP) is 2.85. The summed E-state index contributed by atoms with van der Waals surface area (Å²) in [5.74, 6) is -0.277. The van der Waals surface area contributed by atoms with Gasteiger partial charge in [0.25, 0.3) is 0 Å². The maximum absolute atomic E-state index is 10.7. The minimum absolute atomic E-state index is 0.0938. The number of anilines is 2. The highest BCUT2D eigenvalue weighted by molar-refractivity contribution is 5.67. The molecule has 0 unspecified atom stereocenters. The Hall–Kier alpha value is -2.43. The monoisotopic (exact) mass is 271 g/mol. The standard InChI is InChI=1S/C15H17N3O2/c1-10-13(8-9-14(19)20)11(2)17-15(16-10)18-12-6-4-3-5-7-12/h3-7H,8-9H2,1-2H3,(H,19,20)(H,16,17,18). The highest BCUT2D eigenvalue weighted by Crippen LogP contribution is 2.17. The molecule has 0 aliphatic heterocycles. The van der Waals surface area contributed by atoms with Gasteiger partial charge in [-0.1, -0.05) is 18.2 Å². The molecular weight excluding hydrogens is 254 g/mol. The molecule has 2 N–H and O–H groups in total. The molecule has 1 heterocycles. The molecule has 0 aliphatic carbocycles. The average molecular weight is 271 g/mol. The molecular formula is C15H17N3O2. The van der Waals surface area contributed by atoms with Crippen LogP contribution in [0.5, 0.6) is 0 Å². The van der Waals surface area contributed by atoms with E-state index in [1.54, 1.807) is 0 Å².